The lowest BCUT2D eigenvalue weighted by molar-refractivity contribution is 0.0373. The molecule has 5 rings (SSSR count). The first-order chi connectivity index (χ1) is 15.6. The average molecular weight is 424 g/mol. The number of aromatic nitrogens is 4. The highest BCUT2D eigenvalue weighted by Gasteiger charge is 2.25. The molecule has 0 saturated carbocycles. The number of fused-ring (bicyclic) bond motifs is 1. The molecular formula is C25H20N4O3. The number of carbonyl (C=O) groups is 1. The van der Waals surface area contributed by atoms with Crippen LogP contribution in [0.3, 0.4) is 0 Å². The molecule has 4 heterocycles. The van der Waals surface area contributed by atoms with Crippen molar-refractivity contribution in [1.82, 2.24) is 19.7 Å². The second-order valence-electron chi connectivity index (χ2n) is 7.39. The van der Waals surface area contributed by atoms with Crippen molar-refractivity contribution in [2.75, 3.05) is 0 Å². The Morgan fingerprint density at radius 3 is 2.59 bits per heavy atom. The second-order valence-corrected chi connectivity index (χ2v) is 7.39. The highest BCUT2D eigenvalue weighted by Crippen LogP contribution is 2.31. The Labute approximate surface area is 184 Å². The molecule has 1 aromatic carbocycles. The predicted molar refractivity (Wildman–Crippen MR) is 119 cm³/mol. The van der Waals surface area contributed by atoms with Gasteiger partial charge in [-0.15, -0.1) is 0 Å². The number of hydrogen-bond acceptors (Lipinski definition) is 6. The van der Waals surface area contributed by atoms with E-state index in [1.807, 2.05) is 55.5 Å². The van der Waals surface area contributed by atoms with E-state index < -0.39 is 12.1 Å². The van der Waals surface area contributed by atoms with Gasteiger partial charge in [0.2, 0.25) is 0 Å². The van der Waals surface area contributed by atoms with Crippen LogP contribution < -0.4 is 0 Å². The highest BCUT2D eigenvalue weighted by atomic mass is 16.5. The van der Waals surface area contributed by atoms with Gasteiger partial charge in [-0.25, -0.2) is 9.78 Å². The predicted octanol–water partition coefficient (Wildman–Crippen LogP) is 4.88. The molecule has 1 unspecified atom stereocenters. The maximum Gasteiger partial charge on any atom is 0.340 e. The normalized spacial score (nSPS) is 12.1. The van der Waals surface area contributed by atoms with Crippen LogP contribution in [0.2, 0.25) is 0 Å². The third-order valence-corrected chi connectivity index (χ3v) is 5.25. The molecule has 0 aliphatic rings. The van der Waals surface area contributed by atoms with Gasteiger partial charge in [0.25, 0.3) is 0 Å². The molecule has 0 aliphatic carbocycles. The summed E-state index contributed by atoms with van der Waals surface area (Å²) in [6.45, 7) is 1.85. The van der Waals surface area contributed by atoms with Crippen molar-refractivity contribution in [1.29, 1.82) is 0 Å². The Kier molecular flexibility index (Phi) is 4.99. The van der Waals surface area contributed by atoms with Crippen LogP contribution in [0.4, 0.5) is 0 Å². The van der Waals surface area contributed by atoms with Crippen molar-refractivity contribution in [2.45, 2.75) is 13.0 Å². The van der Waals surface area contributed by atoms with E-state index in [0.717, 1.165) is 5.56 Å². The summed E-state index contributed by atoms with van der Waals surface area (Å²) in [6.07, 6.45) is 2.60. The largest absolute Gasteiger partial charge is 0.463 e. The summed E-state index contributed by atoms with van der Waals surface area (Å²) < 4.78 is 13.2. The molecule has 0 bridgehead atoms. The Balaban J connectivity index is 1.62. The summed E-state index contributed by atoms with van der Waals surface area (Å²) in [5.41, 5.74) is 3.67. The van der Waals surface area contributed by atoms with Crippen molar-refractivity contribution in [3.63, 3.8) is 0 Å². The van der Waals surface area contributed by atoms with Crippen molar-refractivity contribution in [3.8, 4) is 11.5 Å². The minimum atomic E-state index is -0.655. The second kappa shape index (κ2) is 8.11. The van der Waals surface area contributed by atoms with E-state index in [-0.39, 0.29) is 0 Å². The molecule has 158 valence electrons. The molecule has 0 N–H and O–H groups in total. The number of rotatable bonds is 5. The van der Waals surface area contributed by atoms with Crippen LogP contribution in [0.15, 0.2) is 83.6 Å². The summed E-state index contributed by atoms with van der Waals surface area (Å²) in [4.78, 5) is 22.6. The number of hydrogen-bond donors (Lipinski definition) is 0. The number of pyridine rings is 2. The van der Waals surface area contributed by atoms with Crippen LogP contribution in [0.1, 0.15) is 33.4 Å². The van der Waals surface area contributed by atoms with Crippen molar-refractivity contribution in [3.05, 3.63) is 102 Å². The molecule has 5 aromatic rings. The number of ether oxygens (including phenoxy) is 1. The lowest BCUT2D eigenvalue weighted by Gasteiger charge is -2.18. The molecule has 0 spiro atoms. The highest BCUT2D eigenvalue weighted by molar-refractivity contribution is 6.05. The Morgan fingerprint density at radius 2 is 1.88 bits per heavy atom. The maximum atomic E-state index is 13.6. The molecule has 0 saturated heterocycles. The van der Waals surface area contributed by atoms with Crippen LogP contribution in [-0.4, -0.2) is 25.7 Å². The fourth-order valence-corrected chi connectivity index (χ4v) is 3.78. The summed E-state index contributed by atoms with van der Waals surface area (Å²) >= 11 is 0. The topological polar surface area (TPSA) is 83.0 Å². The van der Waals surface area contributed by atoms with E-state index in [4.69, 9.17) is 9.15 Å². The van der Waals surface area contributed by atoms with E-state index in [0.29, 0.717) is 39.4 Å². The van der Waals surface area contributed by atoms with E-state index in [1.54, 1.807) is 42.4 Å². The van der Waals surface area contributed by atoms with Gasteiger partial charge in [-0.05, 0) is 42.8 Å². The van der Waals surface area contributed by atoms with Gasteiger partial charge < -0.3 is 9.15 Å². The van der Waals surface area contributed by atoms with E-state index in [9.17, 15) is 4.79 Å². The molecule has 0 fully saturated rings. The zero-order chi connectivity index (χ0) is 22.1. The lowest BCUT2D eigenvalue weighted by Crippen LogP contribution is -2.15. The van der Waals surface area contributed by atoms with Crippen LogP contribution in [0.5, 0.6) is 0 Å². The number of benzene rings is 1. The molecule has 0 radical (unpaired) electrons. The molecule has 7 nitrogen and oxygen atoms in total. The number of furan rings is 1. The SMILES string of the molecule is Cc1nn(C)c2nc(-c3ccco3)cc(C(=O)OC(c3ccccc3)c3ccccn3)c12. The minimum absolute atomic E-state index is 0.379. The van der Waals surface area contributed by atoms with E-state index >= 15 is 0 Å². The average Bonchev–Trinajstić information content (AvgIpc) is 3.46. The molecule has 7 heteroatoms. The molecule has 4 aromatic heterocycles. The first-order valence-corrected chi connectivity index (χ1v) is 10.2. The summed E-state index contributed by atoms with van der Waals surface area (Å²) in [6, 6.07) is 20.4. The van der Waals surface area contributed by atoms with Gasteiger partial charge in [0, 0.05) is 13.2 Å². The zero-order valence-corrected chi connectivity index (χ0v) is 17.6. The van der Waals surface area contributed by atoms with Crippen LogP contribution in [0.25, 0.3) is 22.5 Å². The number of carbonyl (C=O) groups excluding carboxylic acids is 1. The first kappa shape index (κ1) is 19.7. The van der Waals surface area contributed by atoms with Gasteiger partial charge in [-0.1, -0.05) is 36.4 Å². The van der Waals surface area contributed by atoms with Gasteiger partial charge in [-0.3, -0.25) is 9.67 Å². The Bertz CT molecular complexity index is 1340. The quantitative estimate of drug-likeness (QED) is 0.374. The van der Waals surface area contributed by atoms with E-state index in [1.165, 1.54) is 0 Å². The van der Waals surface area contributed by atoms with Gasteiger partial charge in [0.05, 0.1) is 28.6 Å². The number of nitrogens with zero attached hydrogens (tertiary/aromatic N) is 4. The smallest absolute Gasteiger partial charge is 0.340 e. The molecule has 0 aliphatic heterocycles. The molecule has 32 heavy (non-hydrogen) atoms. The number of aryl methyl sites for hydroxylation is 2. The lowest BCUT2D eigenvalue weighted by atomic mass is 10.0. The third kappa shape index (κ3) is 3.54. The number of esters is 1. The Morgan fingerprint density at radius 1 is 1.06 bits per heavy atom. The summed E-state index contributed by atoms with van der Waals surface area (Å²) in [7, 11) is 1.80. The van der Waals surface area contributed by atoms with Gasteiger partial charge >= 0.3 is 5.97 Å². The third-order valence-electron chi connectivity index (χ3n) is 5.25. The fourth-order valence-electron chi connectivity index (χ4n) is 3.78. The minimum Gasteiger partial charge on any atom is -0.463 e. The molecule has 0 amide bonds. The molecule has 1 atom stereocenters. The van der Waals surface area contributed by atoms with Gasteiger partial charge in [-0.2, -0.15) is 5.10 Å². The van der Waals surface area contributed by atoms with Crippen molar-refractivity contribution in [2.24, 2.45) is 7.05 Å². The maximum absolute atomic E-state index is 13.6. The first-order valence-electron chi connectivity index (χ1n) is 10.2. The van der Waals surface area contributed by atoms with Crippen molar-refractivity contribution < 1.29 is 13.9 Å². The van der Waals surface area contributed by atoms with Gasteiger partial charge in [0.1, 0.15) is 5.69 Å². The Hall–Kier alpha value is -4.26. The van der Waals surface area contributed by atoms with E-state index in [2.05, 4.69) is 15.1 Å². The zero-order valence-electron chi connectivity index (χ0n) is 17.6. The van der Waals surface area contributed by atoms with Gasteiger partial charge in [0.15, 0.2) is 17.5 Å². The molecular weight excluding hydrogens is 404 g/mol. The van der Waals surface area contributed by atoms with Crippen LogP contribution in [-0.2, 0) is 11.8 Å². The van der Waals surface area contributed by atoms with Crippen molar-refractivity contribution >= 4 is 17.0 Å². The fraction of sp³-hybridized carbons (Fsp3) is 0.120. The van der Waals surface area contributed by atoms with Crippen LogP contribution in [0, 0.1) is 6.92 Å². The standard InChI is InChI=1S/C25H20N4O3/c1-16-22-18(15-20(21-12-8-14-31-21)27-24(22)29(2)28-16)25(30)32-23(17-9-4-3-5-10-17)19-11-6-7-13-26-19/h3-15,23H,1-2H3. The summed E-state index contributed by atoms with van der Waals surface area (Å²) in [5.74, 6) is 0.0740. The summed E-state index contributed by atoms with van der Waals surface area (Å²) in [5, 5.41) is 5.11. The monoisotopic (exact) mass is 424 g/mol. The van der Waals surface area contributed by atoms with Crippen LogP contribution >= 0.6 is 0 Å².